The van der Waals surface area contributed by atoms with Crippen molar-refractivity contribution in [3.05, 3.63) is 29.3 Å². The van der Waals surface area contributed by atoms with Crippen LogP contribution < -0.4 is 4.74 Å². The lowest BCUT2D eigenvalue weighted by molar-refractivity contribution is 0.0883. The molecule has 0 bridgehead atoms. The molecular weight excluding hydrogens is 236 g/mol. The minimum absolute atomic E-state index is 0.0978. The van der Waals surface area contributed by atoms with E-state index in [2.05, 4.69) is 0 Å². The minimum Gasteiger partial charge on any atom is -0.490 e. The summed E-state index contributed by atoms with van der Waals surface area (Å²) >= 11 is 0. The summed E-state index contributed by atoms with van der Waals surface area (Å²) < 4.78 is 5.79. The van der Waals surface area contributed by atoms with Crippen LogP contribution in [0.5, 0.6) is 5.75 Å². The number of hydrogen-bond donors (Lipinski definition) is 0. The highest BCUT2D eigenvalue weighted by Gasteiger charge is 2.25. The number of rotatable bonds is 4. The van der Waals surface area contributed by atoms with Crippen molar-refractivity contribution in [2.45, 2.75) is 59.0 Å². The molecule has 1 aromatic carbocycles. The maximum Gasteiger partial charge on any atom is 0.169 e. The third kappa shape index (κ3) is 3.59. The van der Waals surface area contributed by atoms with Gasteiger partial charge >= 0.3 is 0 Å². The maximum atomic E-state index is 12.7. The Morgan fingerprint density at radius 1 is 1.21 bits per heavy atom. The first-order chi connectivity index (χ1) is 9.08. The Balaban J connectivity index is 2.25. The third-order valence-corrected chi connectivity index (χ3v) is 3.74. The van der Waals surface area contributed by atoms with Crippen molar-refractivity contribution >= 4 is 5.78 Å². The zero-order valence-corrected chi connectivity index (χ0v) is 12.2. The van der Waals surface area contributed by atoms with Crippen LogP contribution in [0.1, 0.15) is 61.9 Å². The van der Waals surface area contributed by atoms with Gasteiger partial charge in [-0.15, -0.1) is 0 Å². The van der Waals surface area contributed by atoms with Crippen LogP contribution in [-0.2, 0) is 0 Å². The second kappa shape index (κ2) is 6.23. The largest absolute Gasteiger partial charge is 0.490 e. The third-order valence-electron chi connectivity index (χ3n) is 3.74. The number of ether oxygens (including phenoxy) is 1. The Bertz CT molecular complexity index is 443. The minimum atomic E-state index is 0.0978. The van der Waals surface area contributed by atoms with Crippen LogP contribution in [-0.4, -0.2) is 11.9 Å². The number of carbonyl (C=O) groups excluding carboxylic acids is 1. The molecule has 1 aliphatic rings. The molecule has 2 nitrogen and oxygen atoms in total. The van der Waals surface area contributed by atoms with Crippen molar-refractivity contribution in [3.8, 4) is 5.75 Å². The second-order valence-electron chi connectivity index (χ2n) is 5.87. The number of carbonyl (C=O) groups is 1. The van der Waals surface area contributed by atoms with Gasteiger partial charge in [0, 0.05) is 5.92 Å². The average molecular weight is 260 g/mol. The molecule has 1 fully saturated rings. The molecule has 2 rings (SSSR count). The quantitative estimate of drug-likeness (QED) is 0.743. The van der Waals surface area contributed by atoms with Crippen LogP contribution >= 0.6 is 0 Å². The van der Waals surface area contributed by atoms with Crippen LogP contribution in [0, 0.1) is 12.8 Å². The first-order valence-corrected chi connectivity index (χ1v) is 7.39. The highest BCUT2D eigenvalue weighted by Crippen LogP contribution is 2.31. The van der Waals surface area contributed by atoms with Gasteiger partial charge in [-0.3, -0.25) is 4.79 Å². The molecule has 0 aliphatic heterocycles. The fourth-order valence-electron chi connectivity index (χ4n) is 2.78. The lowest BCUT2D eigenvalue weighted by atomic mass is 9.83. The summed E-state index contributed by atoms with van der Waals surface area (Å²) in [6.07, 6.45) is 5.81. The van der Waals surface area contributed by atoms with E-state index in [1.165, 1.54) is 19.3 Å². The summed E-state index contributed by atoms with van der Waals surface area (Å²) in [6, 6.07) is 5.93. The number of aryl methyl sites for hydroxylation is 1. The van der Waals surface area contributed by atoms with E-state index < -0.39 is 0 Å². The Morgan fingerprint density at radius 2 is 1.89 bits per heavy atom. The Kier molecular flexibility index (Phi) is 4.62. The predicted octanol–water partition coefficient (Wildman–Crippen LogP) is 4.55. The van der Waals surface area contributed by atoms with Crippen molar-refractivity contribution in [1.82, 2.24) is 0 Å². The van der Waals surface area contributed by atoms with Crippen LogP contribution in [0.3, 0.4) is 0 Å². The fourth-order valence-corrected chi connectivity index (χ4v) is 2.78. The molecule has 0 saturated heterocycles. The van der Waals surface area contributed by atoms with E-state index in [-0.39, 0.29) is 17.8 Å². The maximum absolute atomic E-state index is 12.7. The first-order valence-electron chi connectivity index (χ1n) is 7.39. The van der Waals surface area contributed by atoms with Crippen LogP contribution in [0.25, 0.3) is 0 Å². The van der Waals surface area contributed by atoms with Crippen molar-refractivity contribution in [3.63, 3.8) is 0 Å². The van der Waals surface area contributed by atoms with Gasteiger partial charge in [0.05, 0.1) is 11.7 Å². The van der Waals surface area contributed by atoms with Gasteiger partial charge in [-0.05, 0) is 45.7 Å². The molecule has 0 unspecified atom stereocenters. The smallest absolute Gasteiger partial charge is 0.169 e. The Hall–Kier alpha value is -1.31. The van der Waals surface area contributed by atoms with Crippen LogP contribution in [0.2, 0.25) is 0 Å². The molecule has 0 radical (unpaired) electrons. The lowest BCUT2D eigenvalue weighted by Crippen LogP contribution is -2.19. The predicted molar refractivity (Wildman–Crippen MR) is 77.8 cm³/mol. The monoisotopic (exact) mass is 260 g/mol. The highest BCUT2D eigenvalue weighted by molar-refractivity contribution is 6.00. The average Bonchev–Trinajstić information content (AvgIpc) is 2.40. The molecule has 1 aliphatic carbocycles. The van der Waals surface area contributed by atoms with E-state index >= 15 is 0 Å². The van der Waals surface area contributed by atoms with Gasteiger partial charge < -0.3 is 4.74 Å². The van der Waals surface area contributed by atoms with Crippen molar-refractivity contribution in [2.75, 3.05) is 0 Å². The van der Waals surface area contributed by atoms with E-state index in [9.17, 15) is 4.79 Å². The van der Waals surface area contributed by atoms with Crippen molar-refractivity contribution in [1.29, 1.82) is 0 Å². The molecule has 2 heteroatoms. The van der Waals surface area contributed by atoms with Crippen molar-refractivity contribution in [2.24, 2.45) is 5.92 Å². The standard InChI is InChI=1S/C17H24O2/c1-12(2)19-16-10-9-13(3)11-15(16)17(18)14-7-5-4-6-8-14/h9-12,14H,4-8H2,1-3H3. The van der Waals surface area contributed by atoms with Crippen molar-refractivity contribution < 1.29 is 9.53 Å². The number of Topliss-reactive ketones (excluding diaryl/α,β-unsaturated/α-hetero) is 1. The van der Waals surface area contributed by atoms with Gasteiger partial charge in [-0.1, -0.05) is 30.9 Å². The van der Waals surface area contributed by atoms with Gasteiger partial charge in [0.2, 0.25) is 0 Å². The summed E-state index contributed by atoms with van der Waals surface area (Å²) in [5.41, 5.74) is 1.90. The van der Waals surface area contributed by atoms with E-state index in [1.54, 1.807) is 0 Å². The number of hydrogen-bond acceptors (Lipinski definition) is 2. The van der Waals surface area contributed by atoms with Crippen LogP contribution in [0.15, 0.2) is 18.2 Å². The SMILES string of the molecule is Cc1ccc(OC(C)C)c(C(=O)C2CCCCC2)c1. The summed E-state index contributed by atoms with van der Waals surface area (Å²) in [4.78, 5) is 12.7. The molecule has 0 spiro atoms. The van der Waals surface area contributed by atoms with Crippen LogP contribution in [0.4, 0.5) is 0 Å². The topological polar surface area (TPSA) is 26.3 Å². The molecule has 104 valence electrons. The molecule has 0 N–H and O–H groups in total. The van der Waals surface area contributed by atoms with E-state index in [1.807, 2.05) is 39.0 Å². The first kappa shape index (κ1) is 14.1. The molecule has 0 amide bonds. The Morgan fingerprint density at radius 3 is 2.53 bits per heavy atom. The zero-order chi connectivity index (χ0) is 13.8. The molecule has 0 heterocycles. The van der Waals surface area contributed by atoms with E-state index in [0.29, 0.717) is 0 Å². The highest BCUT2D eigenvalue weighted by atomic mass is 16.5. The van der Waals surface area contributed by atoms with Gasteiger partial charge in [0.25, 0.3) is 0 Å². The van der Waals surface area contributed by atoms with Gasteiger partial charge in [-0.2, -0.15) is 0 Å². The molecule has 1 saturated carbocycles. The molecule has 19 heavy (non-hydrogen) atoms. The van der Waals surface area contributed by atoms with Gasteiger partial charge in [0.15, 0.2) is 5.78 Å². The van der Waals surface area contributed by atoms with Gasteiger partial charge in [-0.25, -0.2) is 0 Å². The second-order valence-corrected chi connectivity index (χ2v) is 5.87. The molecular formula is C17H24O2. The van der Waals surface area contributed by atoms with E-state index in [0.717, 1.165) is 29.7 Å². The van der Waals surface area contributed by atoms with E-state index in [4.69, 9.17) is 4.74 Å². The molecule has 1 aromatic rings. The lowest BCUT2D eigenvalue weighted by Gasteiger charge is -2.22. The Labute approximate surface area is 116 Å². The molecule has 0 aromatic heterocycles. The summed E-state index contributed by atoms with van der Waals surface area (Å²) in [5, 5.41) is 0. The summed E-state index contributed by atoms with van der Waals surface area (Å²) in [6.45, 7) is 6.01. The molecule has 0 atom stereocenters. The number of benzene rings is 1. The summed E-state index contributed by atoms with van der Waals surface area (Å²) in [5.74, 6) is 1.22. The summed E-state index contributed by atoms with van der Waals surface area (Å²) in [7, 11) is 0. The normalized spacial score (nSPS) is 16.6. The number of ketones is 1. The fraction of sp³-hybridized carbons (Fsp3) is 0.588. The van der Waals surface area contributed by atoms with Gasteiger partial charge in [0.1, 0.15) is 5.75 Å². The zero-order valence-electron chi connectivity index (χ0n) is 12.2.